The van der Waals surface area contributed by atoms with Crippen LogP contribution in [0, 0.1) is 13.8 Å². The molecule has 4 aromatic rings. The average Bonchev–Trinajstić information content (AvgIpc) is 3.48. The highest BCUT2D eigenvalue weighted by molar-refractivity contribution is 7.80. The third kappa shape index (κ3) is 5.07. The number of rotatable bonds is 8. The van der Waals surface area contributed by atoms with Gasteiger partial charge in [0.15, 0.2) is 5.11 Å². The lowest BCUT2D eigenvalue weighted by atomic mass is 9.96. The predicted molar refractivity (Wildman–Crippen MR) is 164 cm³/mol. The molecule has 1 fully saturated rings. The molecule has 1 aliphatic rings. The highest BCUT2D eigenvalue weighted by Crippen LogP contribution is 2.45. The van der Waals surface area contributed by atoms with Gasteiger partial charge < -0.3 is 24.8 Å². The number of aryl methyl sites for hydroxylation is 2. The van der Waals surface area contributed by atoms with Crippen LogP contribution in [0.5, 0.6) is 5.75 Å². The molecule has 206 valence electrons. The second kappa shape index (κ2) is 11.5. The van der Waals surface area contributed by atoms with Crippen LogP contribution in [0.2, 0.25) is 0 Å². The van der Waals surface area contributed by atoms with E-state index in [1.54, 1.807) is 7.11 Å². The molecule has 0 saturated carbocycles. The number of ether oxygens (including phenoxy) is 1. The van der Waals surface area contributed by atoms with E-state index in [2.05, 4.69) is 71.2 Å². The fourth-order valence-electron chi connectivity index (χ4n) is 5.49. The molecule has 0 radical (unpaired) electrons. The summed E-state index contributed by atoms with van der Waals surface area (Å²) in [4.78, 5) is 18.9. The Bertz CT molecular complexity index is 1530. The number of thiocarbonyl (C=S) groups is 1. The molecule has 1 amide bonds. The molecule has 2 N–H and O–H groups in total. The minimum Gasteiger partial charge on any atom is -0.494 e. The van der Waals surface area contributed by atoms with Gasteiger partial charge >= 0.3 is 0 Å². The van der Waals surface area contributed by atoms with Gasteiger partial charge in [-0.25, -0.2) is 0 Å². The van der Waals surface area contributed by atoms with Gasteiger partial charge in [-0.3, -0.25) is 9.78 Å². The number of carbonyl (C=O) groups excluding carboxylic acids is 1. The maximum absolute atomic E-state index is 12.1. The van der Waals surface area contributed by atoms with Crippen molar-refractivity contribution in [1.29, 1.82) is 0 Å². The van der Waals surface area contributed by atoms with Gasteiger partial charge in [0.05, 0.1) is 30.6 Å². The van der Waals surface area contributed by atoms with E-state index < -0.39 is 0 Å². The molecule has 2 atom stereocenters. The van der Waals surface area contributed by atoms with Crippen LogP contribution in [-0.2, 0) is 11.2 Å². The number of aromatic nitrogens is 2. The normalized spacial score (nSPS) is 16.6. The van der Waals surface area contributed by atoms with E-state index in [0.29, 0.717) is 23.0 Å². The van der Waals surface area contributed by atoms with Crippen molar-refractivity contribution in [3.8, 4) is 11.4 Å². The topological polar surface area (TPSA) is 71.4 Å². The van der Waals surface area contributed by atoms with E-state index in [-0.39, 0.29) is 18.0 Å². The van der Waals surface area contributed by atoms with E-state index >= 15 is 0 Å². The Morgan fingerprint density at radius 1 is 1.05 bits per heavy atom. The molecular weight excluding hydrogens is 518 g/mol. The predicted octanol–water partition coefficient (Wildman–Crippen LogP) is 6.59. The van der Waals surface area contributed by atoms with Crippen LogP contribution in [0.25, 0.3) is 5.69 Å². The zero-order valence-electron chi connectivity index (χ0n) is 23.6. The van der Waals surface area contributed by atoms with Crippen LogP contribution in [0.1, 0.15) is 60.6 Å². The quantitative estimate of drug-likeness (QED) is 0.240. The zero-order chi connectivity index (χ0) is 28.4. The van der Waals surface area contributed by atoms with E-state index in [4.69, 9.17) is 21.9 Å². The molecule has 3 heterocycles. The van der Waals surface area contributed by atoms with Crippen LogP contribution in [-0.4, -0.2) is 27.7 Å². The van der Waals surface area contributed by atoms with Crippen LogP contribution in [0.3, 0.4) is 0 Å². The highest BCUT2D eigenvalue weighted by atomic mass is 32.1. The number of hydrogen-bond donors (Lipinski definition) is 2. The molecule has 0 spiro atoms. The molecule has 2 aromatic heterocycles. The standard InChI is InChI=1S/C32H35N5O2S/c1-6-22-11-13-23(14-12-22)36-20(3)18-25(21(36)4)31-30(27-10-8-9-17-33-27)35-32(40)37(31)24-15-16-26(28(19-24)39-5)34-29(38)7-2/h8-19,30-31H,6-7H2,1-5H3,(H,34,38)(H,35,40)/t30-,31-/m0/s1. The number of amides is 1. The summed E-state index contributed by atoms with van der Waals surface area (Å²) in [5.74, 6) is 0.500. The third-order valence-electron chi connectivity index (χ3n) is 7.55. The van der Waals surface area contributed by atoms with Crippen molar-refractivity contribution in [3.63, 3.8) is 0 Å². The lowest BCUT2D eigenvalue weighted by Gasteiger charge is -2.29. The second-order valence-electron chi connectivity index (χ2n) is 9.96. The Balaban J connectivity index is 1.63. The van der Waals surface area contributed by atoms with E-state index in [9.17, 15) is 4.79 Å². The molecule has 5 rings (SSSR count). The van der Waals surface area contributed by atoms with Gasteiger partial charge in [-0.05, 0) is 86.1 Å². The van der Waals surface area contributed by atoms with Crippen molar-refractivity contribution in [3.05, 3.63) is 101 Å². The lowest BCUT2D eigenvalue weighted by molar-refractivity contribution is -0.115. The molecule has 0 bridgehead atoms. The lowest BCUT2D eigenvalue weighted by Crippen LogP contribution is -2.29. The molecular formula is C32H35N5O2S. The number of methoxy groups -OCH3 is 1. The Hall–Kier alpha value is -4.17. The third-order valence-corrected chi connectivity index (χ3v) is 7.86. The van der Waals surface area contributed by atoms with Crippen LogP contribution < -0.4 is 20.3 Å². The SMILES string of the molecule is CCC(=O)Nc1ccc(N2C(=S)N[C@@H](c3ccccn3)[C@@H]2c2cc(C)n(-c3ccc(CC)cc3)c2C)cc1OC. The zero-order valence-corrected chi connectivity index (χ0v) is 24.4. The first-order valence-electron chi connectivity index (χ1n) is 13.6. The minimum absolute atomic E-state index is 0.0723. The van der Waals surface area contributed by atoms with Gasteiger partial charge in [0.1, 0.15) is 5.75 Å². The summed E-state index contributed by atoms with van der Waals surface area (Å²) in [6.45, 7) is 8.29. The monoisotopic (exact) mass is 553 g/mol. The smallest absolute Gasteiger partial charge is 0.224 e. The second-order valence-corrected chi connectivity index (χ2v) is 10.4. The maximum atomic E-state index is 12.1. The summed E-state index contributed by atoms with van der Waals surface area (Å²) >= 11 is 5.95. The first kappa shape index (κ1) is 27.4. The molecule has 0 unspecified atom stereocenters. The number of nitrogens with one attached hydrogen (secondary N) is 2. The van der Waals surface area contributed by atoms with Gasteiger partial charge in [0, 0.05) is 41.4 Å². The summed E-state index contributed by atoms with van der Waals surface area (Å²) in [6, 6.07) is 22.4. The van der Waals surface area contributed by atoms with Crippen LogP contribution >= 0.6 is 12.2 Å². The first-order valence-corrected chi connectivity index (χ1v) is 14.0. The molecule has 7 nitrogen and oxygen atoms in total. The van der Waals surface area contributed by atoms with E-state index in [1.165, 1.54) is 5.56 Å². The summed E-state index contributed by atoms with van der Waals surface area (Å²) < 4.78 is 7.98. The van der Waals surface area contributed by atoms with Crippen molar-refractivity contribution in [1.82, 2.24) is 14.9 Å². The van der Waals surface area contributed by atoms with Crippen molar-refractivity contribution in [2.75, 3.05) is 17.3 Å². The van der Waals surface area contributed by atoms with Gasteiger partial charge in [0.25, 0.3) is 0 Å². The van der Waals surface area contributed by atoms with Crippen molar-refractivity contribution < 1.29 is 9.53 Å². The summed E-state index contributed by atoms with van der Waals surface area (Å²) in [5.41, 5.74) is 8.28. The van der Waals surface area contributed by atoms with Gasteiger partial charge in [-0.2, -0.15) is 0 Å². The van der Waals surface area contributed by atoms with Crippen molar-refractivity contribution in [2.24, 2.45) is 0 Å². The van der Waals surface area contributed by atoms with Gasteiger partial charge in [-0.1, -0.05) is 32.0 Å². The summed E-state index contributed by atoms with van der Waals surface area (Å²) in [6.07, 6.45) is 3.20. The average molecular weight is 554 g/mol. The largest absolute Gasteiger partial charge is 0.494 e. The Kier molecular flexibility index (Phi) is 7.89. The van der Waals surface area contributed by atoms with Crippen molar-refractivity contribution in [2.45, 2.75) is 52.6 Å². The highest BCUT2D eigenvalue weighted by Gasteiger charge is 2.42. The number of pyridine rings is 1. The fourth-order valence-corrected chi connectivity index (χ4v) is 5.83. The van der Waals surface area contributed by atoms with Crippen LogP contribution in [0.4, 0.5) is 11.4 Å². The Morgan fingerprint density at radius 2 is 1.80 bits per heavy atom. The van der Waals surface area contributed by atoms with E-state index in [1.807, 2.05) is 49.5 Å². The Morgan fingerprint density at radius 3 is 2.45 bits per heavy atom. The minimum atomic E-state index is -0.171. The fraction of sp³-hybridized carbons (Fsp3) is 0.281. The summed E-state index contributed by atoms with van der Waals surface area (Å²) in [5, 5.41) is 7.07. The maximum Gasteiger partial charge on any atom is 0.224 e. The molecule has 0 aliphatic carbocycles. The molecule has 2 aromatic carbocycles. The van der Waals surface area contributed by atoms with Gasteiger partial charge in [0.2, 0.25) is 5.91 Å². The Labute approximate surface area is 241 Å². The number of nitrogens with zero attached hydrogens (tertiary/aromatic N) is 3. The summed E-state index contributed by atoms with van der Waals surface area (Å²) in [7, 11) is 1.60. The van der Waals surface area contributed by atoms with Crippen LogP contribution in [0.15, 0.2) is 72.9 Å². The molecule has 1 aliphatic heterocycles. The molecule has 1 saturated heterocycles. The van der Waals surface area contributed by atoms with E-state index in [0.717, 1.165) is 40.4 Å². The van der Waals surface area contributed by atoms with Gasteiger partial charge in [-0.15, -0.1) is 0 Å². The number of carbonyl (C=O) groups is 1. The van der Waals surface area contributed by atoms with Crippen molar-refractivity contribution >= 4 is 34.6 Å². The number of hydrogen-bond acceptors (Lipinski definition) is 4. The number of anilines is 2. The molecule has 8 heteroatoms. The first-order chi connectivity index (χ1) is 19.4. The number of benzene rings is 2. The molecule has 40 heavy (non-hydrogen) atoms.